The lowest BCUT2D eigenvalue weighted by molar-refractivity contribution is 0.310. The first-order chi connectivity index (χ1) is 6.58. The van der Waals surface area contributed by atoms with Crippen molar-refractivity contribution in [3.63, 3.8) is 0 Å². The van der Waals surface area contributed by atoms with E-state index in [1.807, 2.05) is 14.0 Å². The standard InChI is InChI=1S/C11H17FN2/c1-9(13)7-14(2)8-10-3-5-11(12)6-4-10/h3-6,9H,7-8,13H2,1-2H3/t9-/m1/s1. The second kappa shape index (κ2) is 5.08. The maximum atomic E-state index is 12.6. The van der Waals surface area contributed by atoms with Crippen LogP contribution in [-0.2, 0) is 6.54 Å². The molecule has 1 rings (SSSR count). The molecule has 0 heterocycles. The lowest BCUT2D eigenvalue weighted by Gasteiger charge is -2.18. The van der Waals surface area contributed by atoms with Crippen LogP contribution in [0.25, 0.3) is 0 Å². The minimum absolute atomic E-state index is 0.167. The number of likely N-dealkylation sites (N-methyl/N-ethyl adjacent to an activating group) is 1. The van der Waals surface area contributed by atoms with Crippen LogP contribution >= 0.6 is 0 Å². The fourth-order valence-corrected chi connectivity index (χ4v) is 1.46. The van der Waals surface area contributed by atoms with Crippen molar-refractivity contribution in [1.82, 2.24) is 4.90 Å². The zero-order valence-electron chi connectivity index (χ0n) is 8.70. The molecule has 0 aliphatic carbocycles. The minimum Gasteiger partial charge on any atom is -0.327 e. The summed E-state index contributed by atoms with van der Waals surface area (Å²) in [5.41, 5.74) is 6.78. The van der Waals surface area contributed by atoms with Gasteiger partial charge in [-0.05, 0) is 31.7 Å². The van der Waals surface area contributed by atoms with Gasteiger partial charge in [0.15, 0.2) is 0 Å². The van der Waals surface area contributed by atoms with Crippen molar-refractivity contribution < 1.29 is 4.39 Å². The van der Waals surface area contributed by atoms with Gasteiger partial charge in [-0.1, -0.05) is 12.1 Å². The number of benzene rings is 1. The van der Waals surface area contributed by atoms with Crippen molar-refractivity contribution in [2.24, 2.45) is 5.73 Å². The van der Waals surface area contributed by atoms with Gasteiger partial charge in [0, 0.05) is 19.1 Å². The van der Waals surface area contributed by atoms with Gasteiger partial charge in [-0.2, -0.15) is 0 Å². The van der Waals surface area contributed by atoms with Gasteiger partial charge in [0.25, 0.3) is 0 Å². The van der Waals surface area contributed by atoms with Crippen molar-refractivity contribution >= 4 is 0 Å². The average Bonchev–Trinajstić information content (AvgIpc) is 2.07. The van der Waals surface area contributed by atoms with Crippen LogP contribution in [0.1, 0.15) is 12.5 Å². The van der Waals surface area contributed by atoms with Gasteiger partial charge in [0.2, 0.25) is 0 Å². The molecule has 0 aliphatic rings. The smallest absolute Gasteiger partial charge is 0.123 e. The highest BCUT2D eigenvalue weighted by molar-refractivity contribution is 5.15. The largest absolute Gasteiger partial charge is 0.327 e. The van der Waals surface area contributed by atoms with Gasteiger partial charge in [-0.15, -0.1) is 0 Å². The highest BCUT2D eigenvalue weighted by Crippen LogP contribution is 2.05. The molecule has 3 heteroatoms. The molecular weight excluding hydrogens is 179 g/mol. The number of rotatable bonds is 4. The van der Waals surface area contributed by atoms with E-state index in [4.69, 9.17) is 5.73 Å². The zero-order valence-corrected chi connectivity index (χ0v) is 8.70. The minimum atomic E-state index is -0.191. The molecule has 0 amide bonds. The third-order valence-electron chi connectivity index (χ3n) is 1.97. The molecule has 1 atom stereocenters. The Labute approximate surface area is 84.5 Å². The Bertz CT molecular complexity index is 269. The summed E-state index contributed by atoms with van der Waals surface area (Å²) in [6, 6.07) is 6.73. The first kappa shape index (κ1) is 11.1. The molecule has 1 aromatic carbocycles. The van der Waals surface area contributed by atoms with Gasteiger partial charge in [-0.25, -0.2) is 4.39 Å². The molecule has 78 valence electrons. The molecule has 0 aromatic heterocycles. The van der Waals surface area contributed by atoms with E-state index in [1.54, 1.807) is 12.1 Å². The van der Waals surface area contributed by atoms with E-state index in [2.05, 4.69) is 4.90 Å². The Hall–Kier alpha value is -0.930. The number of nitrogens with zero attached hydrogens (tertiary/aromatic N) is 1. The molecule has 0 bridgehead atoms. The van der Waals surface area contributed by atoms with E-state index >= 15 is 0 Å². The van der Waals surface area contributed by atoms with Gasteiger partial charge in [0.05, 0.1) is 0 Å². The molecule has 2 nitrogen and oxygen atoms in total. The fraction of sp³-hybridized carbons (Fsp3) is 0.455. The summed E-state index contributed by atoms with van der Waals surface area (Å²) in [7, 11) is 2.01. The summed E-state index contributed by atoms with van der Waals surface area (Å²) in [4.78, 5) is 2.12. The highest BCUT2D eigenvalue weighted by atomic mass is 19.1. The van der Waals surface area contributed by atoms with Crippen LogP contribution in [-0.4, -0.2) is 24.5 Å². The number of halogens is 1. The number of hydrogen-bond acceptors (Lipinski definition) is 2. The maximum Gasteiger partial charge on any atom is 0.123 e. The lowest BCUT2D eigenvalue weighted by Crippen LogP contribution is -2.32. The quantitative estimate of drug-likeness (QED) is 0.792. The molecule has 0 aliphatic heterocycles. The van der Waals surface area contributed by atoms with Crippen LogP contribution in [0.5, 0.6) is 0 Å². The average molecular weight is 196 g/mol. The summed E-state index contributed by atoms with van der Waals surface area (Å²) in [5, 5.41) is 0. The summed E-state index contributed by atoms with van der Waals surface area (Å²) in [6.07, 6.45) is 0. The SMILES string of the molecule is C[C@@H](N)CN(C)Cc1ccc(F)cc1. The van der Waals surface area contributed by atoms with Crippen LogP contribution in [0.3, 0.4) is 0 Å². The van der Waals surface area contributed by atoms with Crippen molar-refractivity contribution in [3.8, 4) is 0 Å². The molecule has 0 unspecified atom stereocenters. The highest BCUT2D eigenvalue weighted by Gasteiger charge is 2.02. The Morgan fingerprint density at radius 3 is 2.43 bits per heavy atom. The maximum absolute atomic E-state index is 12.6. The predicted molar refractivity (Wildman–Crippen MR) is 56.4 cm³/mol. The third-order valence-corrected chi connectivity index (χ3v) is 1.97. The van der Waals surface area contributed by atoms with E-state index in [9.17, 15) is 4.39 Å². The van der Waals surface area contributed by atoms with Gasteiger partial charge >= 0.3 is 0 Å². The van der Waals surface area contributed by atoms with Crippen molar-refractivity contribution in [2.75, 3.05) is 13.6 Å². The normalized spacial score (nSPS) is 13.2. The number of hydrogen-bond donors (Lipinski definition) is 1. The Morgan fingerprint density at radius 2 is 1.93 bits per heavy atom. The van der Waals surface area contributed by atoms with Crippen molar-refractivity contribution in [3.05, 3.63) is 35.6 Å². The molecular formula is C11H17FN2. The zero-order chi connectivity index (χ0) is 10.6. The third kappa shape index (κ3) is 3.85. The number of nitrogens with two attached hydrogens (primary N) is 1. The van der Waals surface area contributed by atoms with Crippen LogP contribution in [0.15, 0.2) is 24.3 Å². The van der Waals surface area contributed by atoms with E-state index < -0.39 is 0 Å². The van der Waals surface area contributed by atoms with Crippen molar-refractivity contribution in [2.45, 2.75) is 19.5 Å². The van der Waals surface area contributed by atoms with Crippen molar-refractivity contribution in [1.29, 1.82) is 0 Å². The van der Waals surface area contributed by atoms with Gasteiger partial charge < -0.3 is 10.6 Å². The van der Waals surface area contributed by atoms with E-state index in [0.29, 0.717) is 0 Å². The molecule has 14 heavy (non-hydrogen) atoms. The Morgan fingerprint density at radius 1 is 1.36 bits per heavy atom. The van der Waals surface area contributed by atoms with E-state index in [1.165, 1.54) is 12.1 Å². The fourth-order valence-electron chi connectivity index (χ4n) is 1.46. The molecule has 0 fully saturated rings. The van der Waals surface area contributed by atoms with Gasteiger partial charge in [-0.3, -0.25) is 0 Å². The second-order valence-electron chi connectivity index (χ2n) is 3.80. The molecule has 0 radical (unpaired) electrons. The molecule has 0 saturated carbocycles. The molecule has 2 N–H and O–H groups in total. The summed E-state index contributed by atoms with van der Waals surface area (Å²) in [5.74, 6) is -0.191. The molecule has 0 spiro atoms. The molecule has 1 aromatic rings. The van der Waals surface area contributed by atoms with Crippen LogP contribution in [0, 0.1) is 5.82 Å². The monoisotopic (exact) mass is 196 g/mol. The Balaban J connectivity index is 2.47. The van der Waals surface area contributed by atoms with Crippen LogP contribution in [0.4, 0.5) is 4.39 Å². The van der Waals surface area contributed by atoms with Gasteiger partial charge in [0.1, 0.15) is 5.82 Å². The first-order valence-electron chi connectivity index (χ1n) is 4.76. The van der Waals surface area contributed by atoms with E-state index in [0.717, 1.165) is 18.7 Å². The van der Waals surface area contributed by atoms with Crippen LogP contribution in [0.2, 0.25) is 0 Å². The topological polar surface area (TPSA) is 29.3 Å². The summed E-state index contributed by atoms with van der Waals surface area (Å²) < 4.78 is 12.6. The first-order valence-corrected chi connectivity index (χ1v) is 4.76. The lowest BCUT2D eigenvalue weighted by atomic mass is 10.2. The predicted octanol–water partition coefficient (Wildman–Crippen LogP) is 1.60. The summed E-state index contributed by atoms with van der Waals surface area (Å²) >= 11 is 0. The van der Waals surface area contributed by atoms with E-state index in [-0.39, 0.29) is 11.9 Å². The second-order valence-corrected chi connectivity index (χ2v) is 3.80. The summed E-state index contributed by atoms with van der Waals surface area (Å²) in [6.45, 7) is 3.63. The molecule has 0 saturated heterocycles. The Kier molecular flexibility index (Phi) is 4.04. The van der Waals surface area contributed by atoms with Crippen LogP contribution < -0.4 is 5.73 Å².